The summed E-state index contributed by atoms with van der Waals surface area (Å²) in [6.07, 6.45) is 2.40. The molecular weight excluding hydrogens is 248 g/mol. The molecule has 0 saturated heterocycles. The predicted octanol–water partition coefficient (Wildman–Crippen LogP) is 1.57. The van der Waals surface area contributed by atoms with Crippen molar-refractivity contribution in [3.63, 3.8) is 0 Å². The van der Waals surface area contributed by atoms with Crippen LogP contribution in [0.3, 0.4) is 0 Å². The lowest BCUT2D eigenvalue weighted by Gasteiger charge is -2.35. The highest BCUT2D eigenvalue weighted by molar-refractivity contribution is 7.80. The van der Waals surface area contributed by atoms with E-state index in [2.05, 4.69) is 6.92 Å². The first-order chi connectivity index (χ1) is 8.32. The van der Waals surface area contributed by atoms with Crippen LogP contribution in [0.2, 0.25) is 0 Å². The molecule has 1 saturated carbocycles. The average Bonchev–Trinajstić information content (AvgIpc) is 3.12. The molecule has 1 aliphatic rings. The van der Waals surface area contributed by atoms with E-state index in [1.807, 2.05) is 4.90 Å². The molecule has 18 heavy (non-hydrogen) atoms. The maximum atomic E-state index is 12.6. The first-order valence-corrected chi connectivity index (χ1v) is 6.83. The lowest BCUT2D eigenvalue weighted by molar-refractivity contribution is -0.140. The standard InChI is InChI=1S/C13H24N2O2S/c1-9(10-5-6-10)15(7-8-17-4)12(16)13(2,3)11(14)18/h9-10H,5-8H2,1-4H3,(H2,14,18). The molecule has 1 fully saturated rings. The third-order valence-corrected chi connectivity index (χ3v) is 4.25. The predicted molar refractivity (Wildman–Crippen MR) is 76.3 cm³/mol. The average molecular weight is 272 g/mol. The summed E-state index contributed by atoms with van der Waals surface area (Å²) in [7, 11) is 1.64. The van der Waals surface area contributed by atoms with Gasteiger partial charge in [0, 0.05) is 19.7 Å². The Balaban J connectivity index is 2.80. The topological polar surface area (TPSA) is 55.6 Å². The van der Waals surface area contributed by atoms with Gasteiger partial charge in [-0.2, -0.15) is 0 Å². The number of carbonyl (C=O) groups is 1. The summed E-state index contributed by atoms with van der Waals surface area (Å²) in [5, 5.41) is 0. The lowest BCUT2D eigenvalue weighted by Crippen LogP contribution is -2.51. The van der Waals surface area contributed by atoms with Crippen LogP contribution in [0.4, 0.5) is 0 Å². The minimum Gasteiger partial charge on any atom is -0.392 e. The molecule has 0 spiro atoms. The molecule has 0 aromatic heterocycles. The molecule has 104 valence electrons. The summed E-state index contributed by atoms with van der Waals surface area (Å²) < 4.78 is 5.09. The quantitative estimate of drug-likeness (QED) is 0.715. The largest absolute Gasteiger partial charge is 0.392 e. The van der Waals surface area contributed by atoms with Crippen molar-refractivity contribution in [2.24, 2.45) is 17.1 Å². The summed E-state index contributed by atoms with van der Waals surface area (Å²) in [5.74, 6) is 0.624. The molecule has 1 rings (SSSR count). The van der Waals surface area contributed by atoms with Crippen LogP contribution in [0, 0.1) is 11.3 Å². The Morgan fingerprint density at radius 1 is 1.56 bits per heavy atom. The number of carbonyl (C=O) groups excluding carboxylic acids is 1. The fourth-order valence-corrected chi connectivity index (χ4v) is 2.06. The number of amides is 1. The number of nitrogens with two attached hydrogens (primary N) is 1. The van der Waals surface area contributed by atoms with Crippen LogP contribution in [-0.2, 0) is 9.53 Å². The van der Waals surface area contributed by atoms with E-state index in [4.69, 9.17) is 22.7 Å². The van der Waals surface area contributed by atoms with Crippen molar-refractivity contribution in [3.8, 4) is 0 Å². The molecule has 0 bridgehead atoms. The molecule has 4 nitrogen and oxygen atoms in total. The van der Waals surface area contributed by atoms with Crippen molar-refractivity contribution in [1.82, 2.24) is 4.90 Å². The fourth-order valence-electron chi connectivity index (χ4n) is 1.98. The summed E-state index contributed by atoms with van der Waals surface area (Å²) in [5.41, 5.74) is 4.90. The van der Waals surface area contributed by atoms with Crippen molar-refractivity contribution in [2.75, 3.05) is 20.3 Å². The second-order valence-corrected chi connectivity index (χ2v) is 6.00. The Hall–Kier alpha value is -0.680. The molecule has 1 unspecified atom stereocenters. The fraction of sp³-hybridized carbons (Fsp3) is 0.846. The zero-order valence-electron chi connectivity index (χ0n) is 11.7. The number of nitrogens with zero attached hydrogens (tertiary/aromatic N) is 1. The van der Waals surface area contributed by atoms with Crippen LogP contribution in [-0.4, -0.2) is 42.1 Å². The van der Waals surface area contributed by atoms with Gasteiger partial charge in [-0.1, -0.05) is 12.2 Å². The summed E-state index contributed by atoms with van der Waals surface area (Å²) >= 11 is 5.01. The first-order valence-electron chi connectivity index (χ1n) is 6.42. The van der Waals surface area contributed by atoms with Gasteiger partial charge in [0.2, 0.25) is 5.91 Å². The number of methoxy groups -OCH3 is 1. The zero-order valence-corrected chi connectivity index (χ0v) is 12.5. The van der Waals surface area contributed by atoms with Crippen molar-refractivity contribution in [2.45, 2.75) is 39.7 Å². The van der Waals surface area contributed by atoms with Gasteiger partial charge in [-0.15, -0.1) is 0 Å². The van der Waals surface area contributed by atoms with E-state index in [0.29, 0.717) is 19.1 Å². The molecule has 0 radical (unpaired) electrons. The summed E-state index contributed by atoms with van der Waals surface area (Å²) in [4.78, 5) is 14.7. The molecule has 0 aromatic rings. The second-order valence-electron chi connectivity index (χ2n) is 5.56. The molecular formula is C13H24N2O2S. The van der Waals surface area contributed by atoms with Crippen molar-refractivity contribution >= 4 is 23.1 Å². The monoisotopic (exact) mass is 272 g/mol. The van der Waals surface area contributed by atoms with Gasteiger partial charge in [-0.05, 0) is 39.5 Å². The highest BCUT2D eigenvalue weighted by Crippen LogP contribution is 2.36. The minimum absolute atomic E-state index is 0.00597. The Kier molecular flexibility index (Phi) is 5.10. The van der Waals surface area contributed by atoms with Crippen LogP contribution in [0.15, 0.2) is 0 Å². The highest BCUT2D eigenvalue weighted by Gasteiger charge is 2.40. The van der Waals surface area contributed by atoms with E-state index in [1.165, 1.54) is 12.8 Å². The van der Waals surface area contributed by atoms with Gasteiger partial charge in [0.15, 0.2) is 0 Å². The normalized spacial score (nSPS) is 17.3. The van der Waals surface area contributed by atoms with E-state index >= 15 is 0 Å². The third kappa shape index (κ3) is 3.42. The lowest BCUT2D eigenvalue weighted by atomic mass is 9.90. The van der Waals surface area contributed by atoms with Gasteiger partial charge in [-0.25, -0.2) is 0 Å². The van der Waals surface area contributed by atoms with E-state index in [0.717, 1.165) is 0 Å². The SMILES string of the molecule is COCCN(C(=O)C(C)(C)C(N)=S)C(C)C1CC1. The van der Waals surface area contributed by atoms with Gasteiger partial charge in [0.05, 0.1) is 17.0 Å². The third-order valence-electron chi connectivity index (χ3n) is 3.74. The van der Waals surface area contributed by atoms with E-state index in [-0.39, 0.29) is 16.9 Å². The van der Waals surface area contributed by atoms with Crippen molar-refractivity contribution < 1.29 is 9.53 Å². The zero-order chi connectivity index (χ0) is 13.9. The Morgan fingerprint density at radius 2 is 2.11 bits per heavy atom. The summed E-state index contributed by atoms with van der Waals surface area (Å²) in [6, 6.07) is 0.237. The van der Waals surface area contributed by atoms with Crippen LogP contribution in [0.5, 0.6) is 0 Å². The molecule has 0 heterocycles. The number of ether oxygens (including phenoxy) is 1. The van der Waals surface area contributed by atoms with Crippen LogP contribution < -0.4 is 5.73 Å². The van der Waals surface area contributed by atoms with Gasteiger partial charge in [0.25, 0.3) is 0 Å². The van der Waals surface area contributed by atoms with E-state index in [1.54, 1.807) is 21.0 Å². The maximum absolute atomic E-state index is 12.6. The van der Waals surface area contributed by atoms with Crippen LogP contribution in [0.1, 0.15) is 33.6 Å². The Morgan fingerprint density at radius 3 is 2.50 bits per heavy atom. The number of rotatable bonds is 7. The first kappa shape index (κ1) is 15.4. The van der Waals surface area contributed by atoms with Crippen LogP contribution in [0.25, 0.3) is 0 Å². The van der Waals surface area contributed by atoms with E-state index in [9.17, 15) is 4.79 Å². The van der Waals surface area contributed by atoms with Crippen molar-refractivity contribution in [1.29, 1.82) is 0 Å². The smallest absolute Gasteiger partial charge is 0.235 e. The number of hydrogen-bond donors (Lipinski definition) is 1. The van der Waals surface area contributed by atoms with E-state index < -0.39 is 5.41 Å². The molecule has 1 amide bonds. The highest BCUT2D eigenvalue weighted by atomic mass is 32.1. The van der Waals surface area contributed by atoms with Crippen LogP contribution >= 0.6 is 12.2 Å². The molecule has 5 heteroatoms. The molecule has 0 aliphatic heterocycles. The summed E-state index contributed by atoms with van der Waals surface area (Å²) in [6.45, 7) is 6.81. The van der Waals surface area contributed by atoms with Gasteiger partial charge in [0.1, 0.15) is 0 Å². The van der Waals surface area contributed by atoms with Crippen molar-refractivity contribution in [3.05, 3.63) is 0 Å². The Labute approximate surface area is 115 Å². The molecule has 2 N–H and O–H groups in total. The minimum atomic E-state index is -0.785. The molecule has 1 aliphatic carbocycles. The second kappa shape index (κ2) is 5.97. The molecule has 1 atom stereocenters. The maximum Gasteiger partial charge on any atom is 0.235 e. The molecule has 0 aromatic carbocycles. The van der Waals surface area contributed by atoms with Gasteiger partial charge < -0.3 is 15.4 Å². The Bertz CT molecular complexity index is 327. The number of hydrogen-bond acceptors (Lipinski definition) is 3. The van der Waals surface area contributed by atoms with Gasteiger partial charge >= 0.3 is 0 Å². The van der Waals surface area contributed by atoms with Gasteiger partial charge in [-0.3, -0.25) is 4.79 Å². The number of thiocarbonyl (C=S) groups is 1.